The van der Waals surface area contributed by atoms with Crippen molar-refractivity contribution in [3.63, 3.8) is 0 Å². The van der Waals surface area contributed by atoms with Crippen molar-refractivity contribution in [1.29, 1.82) is 0 Å². The third-order valence-corrected chi connectivity index (χ3v) is 4.60. The van der Waals surface area contributed by atoms with E-state index in [1.165, 1.54) is 0 Å². The van der Waals surface area contributed by atoms with Crippen LogP contribution in [0.25, 0.3) is 11.0 Å². The van der Waals surface area contributed by atoms with Crippen molar-refractivity contribution < 1.29 is 18.7 Å². The third-order valence-electron chi connectivity index (χ3n) is 4.60. The van der Waals surface area contributed by atoms with Crippen molar-refractivity contribution in [3.8, 4) is 5.75 Å². The zero-order valence-electron chi connectivity index (χ0n) is 15.0. The van der Waals surface area contributed by atoms with Crippen LogP contribution >= 0.6 is 0 Å². The largest absolute Gasteiger partial charge is 0.497 e. The molecule has 4 rings (SSSR count). The van der Waals surface area contributed by atoms with E-state index < -0.39 is 0 Å². The lowest BCUT2D eigenvalue weighted by Crippen LogP contribution is -2.15. The fourth-order valence-corrected chi connectivity index (χ4v) is 2.93. The molecule has 1 saturated carbocycles. The Bertz CT molecular complexity index is 987. The SMILES string of the molecule is COc1ccc2c(CC(=O)Nc3ccc(NC(=O)C4CC4)cc3)coc2c1. The summed E-state index contributed by atoms with van der Waals surface area (Å²) in [5.41, 5.74) is 2.92. The third kappa shape index (κ3) is 3.95. The minimum atomic E-state index is -0.136. The maximum absolute atomic E-state index is 12.4. The Morgan fingerprint density at radius 3 is 2.44 bits per heavy atom. The predicted octanol–water partition coefficient (Wildman–Crippen LogP) is 3.97. The molecule has 1 aliphatic carbocycles. The molecule has 2 aromatic carbocycles. The first-order chi connectivity index (χ1) is 13.1. The van der Waals surface area contributed by atoms with Crippen molar-refractivity contribution in [2.75, 3.05) is 17.7 Å². The van der Waals surface area contributed by atoms with Crippen molar-refractivity contribution in [1.82, 2.24) is 0 Å². The second kappa shape index (κ2) is 7.15. The van der Waals surface area contributed by atoms with Gasteiger partial charge in [-0.3, -0.25) is 9.59 Å². The van der Waals surface area contributed by atoms with Gasteiger partial charge in [0.05, 0.1) is 19.8 Å². The molecule has 0 bridgehead atoms. The van der Waals surface area contributed by atoms with Gasteiger partial charge in [-0.15, -0.1) is 0 Å². The number of rotatable bonds is 6. The van der Waals surface area contributed by atoms with Gasteiger partial charge >= 0.3 is 0 Å². The summed E-state index contributed by atoms with van der Waals surface area (Å²) in [7, 11) is 1.60. The number of furan rings is 1. The van der Waals surface area contributed by atoms with E-state index in [2.05, 4.69) is 10.6 Å². The lowest BCUT2D eigenvalue weighted by Gasteiger charge is -2.07. The molecule has 1 fully saturated rings. The first-order valence-corrected chi connectivity index (χ1v) is 8.87. The minimum Gasteiger partial charge on any atom is -0.497 e. The molecule has 3 aromatic rings. The van der Waals surface area contributed by atoms with E-state index in [9.17, 15) is 9.59 Å². The summed E-state index contributed by atoms with van der Waals surface area (Å²) in [5, 5.41) is 6.63. The van der Waals surface area contributed by atoms with E-state index in [1.54, 1.807) is 43.7 Å². The summed E-state index contributed by atoms with van der Waals surface area (Å²) < 4.78 is 10.7. The second-order valence-electron chi connectivity index (χ2n) is 6.69. The maximum Gasteiger partial charge on any atom is 0.228 e. The Labute approximate surface area is 156 Å². The molecular formula is C21H20N2O4. The number of ether oxygens (including phenoxy) is 1. The molecule has 138 valence electrons. The van der Waals surface area contributed by atoms with E-state index in [0.717, 1.165) is 29.5 Å². The number of hydrogen-bond donors (Lipinski definition) is 2. The topological polar surface area (TPSA) is 80.6 Å². The number of hydrogen-bond acceptors (Lipinski definition) is 4. The quantitative estimate of drug-likeness (QED) is 0.693. The van der Waals surface area contributed by atoms with Crippen LogP contribution in [0, 0.1) is 5.92 Å². The van der Waals surface area contributed by atoms with Crippen molar-refractivity contribution >= 4 is 34.2 Å². The second-order valence-corrected chi connectivity index (χ2v) is 6.69. The van der Waals surface area contributed by atoms with Crippen LogP contribution in [0.1, 0.15) is 18.4 Å². The molecule has 0 saturated heterocycles. The fraction of sp³-hybridized carbons (Fsp3) is 0.238. The molecule has 6 heteroatoms. The smallest absolute Gasteiger partial charge is 0.228 e. The molecule has 0 radical (unpaired) electrons. The van der Waals surface area contributed by atoms with Gasteiger partial charge in [0.1, 0.15) is 11.3 Å². The van der Waals surface area contributed by atoms with Gasteiger partial charge in [0.25, 0.3) is 0 Å². The Morgan fingerprint density at radius 2 is 1.78 bits per heavy atom. The number of anilines is 2. The summed E-state index contributed by atoms with van der Waals surface area (Å²) in [6.45, 7) is 0. The van der Waals surface area contributed by atoms with Crippen LogP contribution in [0.15, 0.2) is 53.1 Å². The Hall–Kier alpha value is -3.28. The van der Waals surface area contributed by atoms with Gasteiger partial charge in [-0.25, -0.2) is 0 Å². The van der Waals surface area contributed by atoms with Crippen LogP contribution in [-0.4, -0.2) is 18.9 Å². The first kappa shape index (κ1) is 17.1. The van der Waals surface area contributed by atoms with Crippen LogP contribution in [0.2, 0.25) is 0 Å². The molecule has 0 atom stereocenters. The number of carbonyl (C=O) groups is 2. The normalized spacial score (nSPS) is 13.4. The fourth-order valence-electron chi connectivity index (χ4n) is 2.93. The highest BCUT2D eigenvalue weighted by atomic mass is 16.5. The highest BCUT2D eigenvalue weighted by Crippen LogP contribution is 2.30. The van der Waals surface area contributed by atoms with Gasteiger partial charge in [0.2, 0.25) is 11.8 Å². The van der Waals surface area contributed by atoms with Crippen LogP contribution in [0.3, 0.4) is 0 Å². The molecular weight excluding hydrogens is 344 g/mol. The number of nitrogens with one attached hydrogen (secondary N) is 2. The molecule has 0 spiro atoms. The number of carbonyl (C=O) groups excluding carboxylic acids is 2. The van der Waals surface area contributed by atoms with Gasteiger partial charge < -0.3 is 19.8 Å². The number of benzene rings is 2. The van der Waals surface area contributed by atoms with Gasteiger partial charge in [0.15, 0.2) is 0 Å². The maximum atomic E-state index is 12.4. The summed E-state index contributed by atoms with van der Waals surface area (Å²) >= 11 is 0. The van der Waals surface area contributed by atoms with Crippen LogP contribution in [0.5, 0.6) is 5.75 Å². The monoisotopic (exact) mass is 364 g/mol. The molecule has 0 aliphatic heterocycles. The van der Waals surface area contributed by atoms with Gasteiger partial charge in [0, 0.05) is 34.3 Å². The summed E-state index contributed by atoms with van der Waals surface area (Å²) in [5.74, 6) is 0.800. The molecule has 1 aliphatic rings. The molecule has 2 N–H and O–H groups in total. The molecule has 1 heterocycles. The van der Waals surface area contributed by atoms with Crippen LogP contribution in [-0.2, 0) is 16.0 Å². The van der Waals surface area contributed by atoms with Gasteiger partial charge in [-0.05, 0) is 49.2 Å². The molecule has 27 heavy (non-hydrogen) atoms. The van der Waals surface area contributed by atoms with Crippen LogP contribution in [0.4, 0.5) is 11.4 Å². The van der Waals surface area contributed by atoms with E-state index in [0.29, 0.717) is 17.0 Å². The summed E-state index contributed by atoms with van der Waals surface area (Å²) in [4.78, 5) is 24.1. The summed E-state index contributed by atoms with van der Waals surface area (Å²) in [6, 6.07) is 12.7. The molecule has 0 unspecified atom stereocenters. The standard InChI is InChI=1S/C21H20N2O4/c1-26-17-8-9-18-14(12-27-19(18)11-17)10-20(24)22-15-4-6-16(7-5-15)23-21(25)13-2-3-13/h4-9,11-13H,2-3,10H2,1H3,(H,22,24)(H,23,25). The lowest BCUT2D eigenvalue weighted by atomic mass is 10.1. The van der Waals surface area contributed by atoms with E-state index in [4.69, 9.17) is 9.15 Å². The minimum absolute atomic E-state index is 0.0650. The lowest BCUT2D eigenvalue weighted by molar-refractivity contribution is -0.117. The average molecular weight is 364 g/mol. The number of fused-ring (bicyclic) bond motifs is 1. The van der Waals surface area contributed by atoms with E-state index >= 15 is 0 Å². The van der Waals surface area contributed by atoms with Crippen molar-refractivity contribution in [2.45, 2.75) is 19.3 Å². The molecule has 6 nitrogen and oxygen atoms in total. The van der Waals surface area contributed by atoms with Gasteiger partial charge in [-0.1, -0.05) is 0 Å². The highest BCUT2D eigenvalue weighted by Gasteiger charge is 2.29. The Morgan fingerprint density at radius 1 is 1.07 bits per heavy atom. The Kier molecular flexibility index (Phi) is 4.54. The summed E-state index contributed by atoms with van der Waals surface area (Å²) in [6.07, 6.45) is 3.74. The molecule has 2 amide bonds. The zero-order valence-corrected chi connectivity index (χ0v) is 15.0. The first-order valence-electron chi connectivity index (χ1n) is 8.87. The van der Waals surface area contributed by atoms with E-state index in [-0.39, 0.29) is 24.2 Å². The number of methoxy groups -OCH3 is 1. The van der Waals surface area contributed by atoms with E-state index in [1.807, 2.05) is 12.1 Å². The zero-order chi connectivity index (χ0) is 18.8. The number of amides is 2. The average Bonchev–Trinajstić information content (AvgIpc) is 3.46. The Balaban J connectivity index is 1.38. The van der Waals surface area contributed by atoms with Crippen molar-refractivity contribution in [3.05, 3.63) is 54.3 Å². The van der Waals surface area contributed by atoms with Gasteiger partial charge in [-0.2, -0.15) is 0 Å². The van der Waals surface area contributed by atoms with Crippen molar-refractivity contribution in [2.24, 2.45) is 5.92 Å². The highest BCUT2D eigenvalue weighted by molar-refractivity contribution is 5.96. The molecule has 1 aromatic heterocycles. The predicted molar refractivity (Wildman–Crippen MR) is 103 cm³/mol. The van der Waals surface area contributed by atoms with Crippen LogP contribution < -0.4 is 15.4 Å².